The van der Waals surface area contributed by atoms with Crippen molar-refractivity contribution in [1.29, 1.82) is 0 Å². The number of hydrogen-bond donors (Lipinski definition) is 1. The Morgan fingerprint density at radius 3 is 3.18 bits per heavy atom. The van der Waals surface area contributed by atoms with E-state index in [0.717, 1.165) is 12.2 Å². The Morgan fingerprint density at radius 1 is 1.64 bits per heavy atom. The molecule has 0 aliphatic heterocycles. The largest absolute Gasteiger partial charge is 0.383 e. The predicted molar refractivity (Wildman–Crippen MR) is 46.5 cm³/mol. The standard InChI is InChI=1S/C9H13N2/c1-2-3-7-11-9-5-4-6-10-8-9/h4-6,11H,2-3,7H2,1H3. The van der Waals surface area contributed by atoms with Gasteiger partial charge in [-0.05, 0) is 18.6 Å². The average molecular weight is 149 g/mol. The molecule has 1 aromatic rings. The molecule has 1 radical (unpaired) electrons. The Labute approximate surface area is 67.7 Å². The Kier molecular flexibility index (Phi) is 3.45. The van der Waals surface area contributed by atoms with Gasteiger partial charge in [0.25, 0.3) is 0 Å². The highest BCUT2D eigenvalue weighted by Gasteiger charge is 1.88. The maximum absolute atomic E-state index is 3.88. The van der Waals surface area contributed by atoms with Gasteiger partial charge in [0.2, 0.25) is 0 Å². The molecule has 0 atom stereocenters. The molecule has 11 heavy (non-hydrogen) atoms. The average Bonchev–Trinajstić information content (AvgIpc) is 2.07. The zero-order valence-electron chi connectivity index (χ0n) is 6.80. The third-order valence-electron chi connectivity index (χ3n) is 1.45. The van der Waals surface area contributed by atoms with Crippen LogP contribution >= 0.6 is 0 Å². The molecule has 0 fully saturated rings. The van der Waals surface area contributed by atoms with Gasteiger partial charge in [-0.1, -0.05) is 13.3 Å². The van der Waals surface area contributed by atoms with E-state index in [1.54, 1.807) is 6.20 Å². The van der Waals surface area contributed by atoms with Crippen molar-refractivity contribution in [2.24, 2.45) is 0 Å². The molecule has 0 aromatic carbocycles. The van der Waals surface area contributed by atoms with E-state index in [2.05, 4.69) is 23.4 Å². The Morgan fingerprint density at radius 2 is 2.55 bits per heavy atom. The zero-order chi connectivity index (χ0) is 7.94. The van der Waals surface area contributed by atoms with Crippen molar-refractivity contribution >= 4 is 5.69 Å². The van der Waals surface area contributed by atoms with Crippen LogP contribution in [0.5, 0.6) is 0 Å². The summed E-state index contributed by atoms with van der Waals surface area (Å²) in [5, 5.41) is 3.23. The van der Waals surface area contributed by atoms with Crippen molar-refractivity contribution in [3.8, 4) is 0 Å². The Bertz CT molecular complexity index is 184. The van der Waals surface area contributed by atoms with Gasteiger partial charge >= 0.3 is 0 Å². The van der Waals surface area contributed by atoms with Crippen molar-refractivity contribution in [1.82, 2.24) is 4.98 Å². The molecule has 0 bridgehead atoms. The van der Waals surface area contributed by atoms with Gasteiger partial charge < -0.3 is 5.32 Å². The fraction of sp³-hybridized carbons (Fsp3) is 0.444. The molecule has 2 nitrogen and oxygen atoms in total. The second-order valence-electron chi connectivity index (χ2n) is 2.44. The maximum atomic E-state index is 3.88. The highest BCUT2D eigenvalue weighted by Crippen LogP contribution is 2.01. The van der Waals surface area contributed by atoms with E-state index < -0.39 is 0 Å². The van der Waals surface area contributed by atoms with Crippen LogP contribution in [0.2, 0.25) is 0 Å². The fourth-order valence-electron chi connectivity index (χ4n) is 0.825. The molecule has 1 N–H and O–H groups in total. The Balaban J connectivity index is 2.28. The highest BCUT2D eigenvalue weighted by molar-refractivity contribution is 5.38. The molecule has 0 aliphatic rings. The van der Waals surface area contributed by atoms with Crippen LogP contribution in [0, 0.1) is 6.20 Å². The van der Waals surface area contributed by atoms with E-state index in [-0.39, 0.29) is 0 Å². The maximum Gasteiger partial charge on any atom is 0.114 e. The van der Waals surface area contributed by atoms with Crippen LogP contribution in [-0.2, 0) is 0 Å². The second kappa shape index (κ2) is 4.72. The van der Waals surface area contributed by atoms with Crippen LogP contribution in [0.1, 0.15) is 19.8 Å². The van der Waals surface area contributed by atoms with E-state index in [0.29, 0.717) is 0 Å². The van der Waals surface area contributed by atoms with Gasteiger partial charge in [-0.3, -0.25) is 4.98 Å². The van der Waals surface area contributed by atoms with Crippen molar-refractivity contribution < 1.29 is 0 Å². The van der Waals surface area contributed by atoms with Gasteiger partial charge in [-0.2, -0.15) is 0 Å². The van der Waals surface area contributed by atoms with E-state index in [1.165, 1.54) is 12.8 Å². The summed E-state index contributed by atoms with van der Waals surface area (Å²) in [6.07, 6.45) is 7.01. The molecular formula is C9H13N2. The van der Waals surface area contributed by atoms with Crippen LogP contribution in [-0.4, -0.2) is 11.5 Å². The molecule has 1 aromatic heterocycles. The quantitative estimate of drug-likeness (QED) is 0.663. The number of pyridine rings is 1. The van der Waals surface area contributed by atoms with Crippen LogP contribution in [0.25, 0.3) is 0 Å². The van der Waals surface area contributed by atoms with Crippen LogP contribution in [0.15, 0.2) is 18.3 Å². The van der Waals surface area contributed by atoms with Crippen molar-refractivity contribution in [3.05, 3.63) is 24.5 Å². The molecule has 0 unspecified atom stereocenters. The summed E-state index contributed by atoms with van der Waals surface area (Å²) in [5.74, 6) is 0. The molecule has 0 spiro atoms. The molecule has 2 heteroatoms. The SMILES string of the molecule is CCCCNc1[c]nccc1. The highest BCUT2D eigenvalue weighted by atomic mass is 14.9. The summed E-state index contributed by atoms with van der Waals surface area (Å²) < 4.78 is 0. The summed E-state index contributed by atoms with van der Waals surface area (Å²) >= 11 is 0. The molecule has 0 amide bonds. The minimum absolute atomic E-state index is 0.987. The van der Waals surface area contributed by atoms with Crippen molar-refractivity contribution in [2.75, 3.05) is 11.9 Å². The molecule has 0 saturated carbocycles. The lowest BCUT2D eigenvalue weighted by Crippen LogP contribution is -2.00. The number of rotatable bonds is 4. The number of nitrogens with one attached hydrogen (secondary N) is 1. The summed E-state index contributed by atoms with van der Waals surface area (Å²) in [4.78, 5) is 3.88. The van der Waals surface area contributed by atoms with E-state index in [4.69, 9.17) is 0 Å². The fourth-order valence-corrected chi connectivity index (χ4v) is 0.825. The van der Waals surface area contributed by atoms with Gasteiger partial charge in [0.1, 0.15) is 6.20 Å². The number of aromatic nitrogens is 1. The smallest absolute Gasteiger partial charge is 0.114 e. The second-order valence-corrected chi connectivity index (χ2v) is 2.44. The predicted octanol–water partition coefficient (Wildman–Crippen LogP) is 2.09. The topological polar surface area (TPSA) is 24.9 Å². The molecule has 0 saturated heterocycles. The van der Waals surface area contributed by atoms with Gasteiger partial charge in [-0.15, -0.1) is 0 Å². The van der Waals surface area contributed by atoms with Gasteiger partial charge in [0.15, 0.2) is 0 Å². The summed E-state index contributed by atoms with van der Waals surface area (Å²) in [6, 6.07) is 3.88. The first kappa shape index (κ1) is 8.05. The van der Waals surface area contributed by atoms with Crippen molar-refractivity contribution in [3.63, 3.8) is 0 Å². The third-order valence-corrected chi connectivity index (χ3v) is 1.45. The van der Waals surface area contributed by atoms with Crippen LogP contribution in [0.4, 0.5) is 5.69 Å². The first-order valence-electron chi connectivity index (χ1n) is 4.00. The normalized spacial score (nSPS) is 9.55. The number of unbranched alkanes of at least 4 members (excludes halogenated alkanes) is 1. The minimum atomic E-state index is 0.987. The van der Waals surface area contributed by atoms with Gasteiger partial charge in [0, 0.05) is 12.7 Å². The summed E-state index contributed by atoms with van der Waals surface area (Å²) in [7, 11) is 0. The number of anilines is 1. The Hall–Kier alpha value is -1.05. The number of hydrogen-bond acceptors (Lipinski definition) is 2. The molecule has 1 heterocycles. The number of nitrogens with zero attached hydrogens (tertiary/aromatic N) is 1. The van der Waals surface area contributed by atoms with E-state index >= 15 is 0 Å². The zero-order valence-corrected chi connectivity index (χ0v) is 6.80. The first-order valence-corrected chi connectivity index (χ1v) is 4.00. The molecule has 1 rings (SSSR count). The summed E-state index contributed by atoms with van der Waals surface area (Å²) in [5.41, 5.74) is 0.987. The van der Waals surface area contributed by atoms with Crippen LogP contribution in [0.3, 0.4) is 0 Å². The minimum Gasteiger partial charge on any atom is -0.383 e. The molecule has 0 aliphatic carbocycles. The van der Waals surface area contributed by atoms with E-state index in [9.17, 15) is 0 Å². The van der Waals surface area contributed by atoms with E-state index in [1.807, 2.05) is 12.1 Å². The third kappa shape index (κ3) is 3.03. The first-order chi connectivity index (χ1) is 5.43. The molecule has 59 valence electrons. The van der Waals surface area contributed by atoms with Gasteiger partial charge in [0.05, 0.1) is 5.69 Å². The van der Waals surface area contributed by atoms with Gasteiger partial charge in [-0.25, -0.2) is 0 Å². The van der Waals surface area contributed by atoms with Crippen LogP contribution < -0.4 is 5.32 Å². The lowest BCUT2D eigenvalue weighted by molar-refractivity contribution is 0.833. The lowest BCUT2D eigenvalue weighted by atomic mass is 10.3. The van der Waals surface area contributed by atoms with Crippen molar-refractivity contribution in [2.45, 2.75) is 19.8 Å². The lowest BCUT2D eigenvalue weighted by Gasteiger charge is -2.02. The molecular weight excluding hydrogens is 136 g/mol. The summed E-state index contributed by atoms with van der Waals surface area (Å²) in [6.45, 7) is 3.19. The monoisotopic (exact) mass is 149 g/mol.